The fourth-order valence-corrected chi connectivity index (χ4v) is 1.44. The van der Waals surface area contributed by atoms with Crippen molar-refractivity contribution in [2.45, 2.75) is 6.42 Å². The molecule has 0 spiro atoms. The number of anilines is 1. The zero-order valence-corrected chi connectivity index (χ0v) is 10.2. The summed E-state index contributed by atoms with van der Waals surface area (Å²) in [5.41, 5.74) is -0.914. The van der Waals surface area contributed by atoms with Crippen LogP contribution in [0, 0.1) is 21.7 Å². The largest absolute Gasteiger partial charge is 0.380 e. The first-order valence-corrected chi connectivity index (χ1v) is 5.44. The molecule has 0 bridgehead atoms. The van der Waals surface area contributed by atoms with Gasteiger partial charge >= 0.3 is 0 Å². The van der Waals surface area contributed by atoms with Crippen LogP contribution in [0.25, 0.3) is 0 Å². The third-order valence-corrected chi connectivity index (χ3v) is 2.32. The first-order chi connectivity index (χ1) is 8.41. The van der Waals surface area contributed by atoms with Gasteiger partial charge < -0.3 is 10.2 Å². The fourth-order valence-electron chi connectivity index (χ4n) is 1.44. The van der Waals surface area contributed by atoms with Gasteiger partial charge in [-0.2, -0.15) is 0 Å². The molecule has 0 heterocycles. The molecule has 1 aromatic rings. The molecule has 0 saturated heterocycles. The SMILES string of the molecule is CN(C)CCCNc1c(F)cc([N+](=O)[O-])cc1F. The Morgan fingerprint density at radius 3 is 2.33 bits per heavy atom. The van der Waals surface area contributed by atoms with E-state index in [4.69, 9.17) is 0 Å². The normalized spacial score (nSPS) is 10.7. The molecule has 7 heteroatoms. The van der Waals surface area contributed by atoms with Crippen LogP contribution in [0.1, 0.15) is 6.42 Å². The Hall–Kier alpha value is -1.76. The predicted octanol–water partition coefficient (Wildman–Crippen LogP) is 2.24. The van der Waals surface area contributed by atoms with Gasteiger partial charge in [-0.05, 0) is 27.1 Å². The Kier molecular flexibility index (Phi) is 4.96. The van der Waals surface area contributed by atoms with E-state index in [0.717, 1.165) is 6.54 Å². The molecule has 0 amide bonds. The quantitative estimate of drug-likeness (QED) is 0.483. The minimum absolute atomic E-state index is 0.320. The molecule has 1 rings (SSSR count). The van der Waals surface area contributed by atoms with Crippen LogP contribution < -0.4 is 5.32 Å². The van der Waals surface area contributed by atoms with Gasteiger partial charge in [0.2, 0.25) is 0 Å². The molecule has 1 N–H and O–H groups in total. The Bertz CT molecular complexity index is 415. The van der Waals surface area contributed by atoms with Gasteiger partial charge in [0, 0.05) is 6.54 Å². The number of halogens is 2. The van der Waals surface area contributed by atoms with Crippen molar-refractivity contribution in [3.63, 3.8) is 0 Å². The summed E-state index contributed by atoms with van der Waals surface area (Å²) in [5.74, 6) is -1.90. The van der Waals surface area contributed by atoms with Crippen LogP contribution in [0.4, 0.5) is 20.2 Å². The van der Waals surface area contributed by atoms with Crippen molar-refractivity contribution in [3.05, 3.63) is 33.9 Å². The molecule has 1 aromatic carbocycles. The van der Waals surface area contributed by atoms with E-state index >= 15 is 0 Å². The molecule has 0 aromatic heterocycles. The van der Waals surface area contributed by atoms with Gasteiger partial charge in [0.25, 0.3) is 5.69 Å². The van der Waals surface area contributed by atoms with Crippen LogP contribution in [0.2, 0.25) is 0 Å². The van der Waals surface area contributed by atoms with Crippen LogP contribution in [-0.2, 0) is 0 Å². The van der Waals surface area contributed by atoms with Gasteiger partial charge in [0.1, 0.15) is 5.69 Å². The molecule has 0 fully saturated rings. The smallest absolute Gasteiger partial charge is 0.275 e. The Morgan fingerprint density at radius 1 is 1.33 bits per heavy atom. The molecule has 0 aliphatic rings. The maximum Gasteiger partial charge on any atom is 0.275 e. The Morgan fingerprint density at radius 2 is 1.89 bits per heavy atom. The fraction of sp³-hybridized carbons (Fsp3) is 0.455. The maximum atomic E-state index is 13.4. The average Bonchev–Trinajstić information content (AvgIpc) is 2.26. The van der Waals surface area contributed by atoms with Gasteiger partial charge in [0.15, 0.2) is 11.6 Å². The summed E-state index contributed by atoms with van der Waals surface area (Å²) in [6.07, 6.45) is 0.711. The number of rotatable bonds is 6. The summed E-state index contributed by atoms with van der Waals surface area (Å²) in [7, 11) is 3.79. The summed E-state index contributed by atoms with van der Waals surface area (Å²) in [4.78, 5) is 11.5. The zero-order valence-electron chi connectivity index (χ0n) is 10.2. The lowest BCUT2D eigenvalue weighted by molar-refractivity contribution is -0.385. The lowest BCUT2D eigenvalue weighted by atomic mass is 10.2. The van der Waals surface area contributed by atoms with E-state index < -0.39 is 22.2 Å². The van der Waals surface area contributed by atoms with Crippen molar-refractivity contribution in [2.75, 3.05) is 32.5 Å². The maximum absolute atomic E-state index is 13.4. The molecular weight excluding hydrogens is 244 g/mol. The van der Waals surface area contributed by atoms with Gasteiger partial charge in [-0.1, -0.05) is 0 Å². The highest BCUT2D eigenvalue weighted by Crippen LogP contribution is 2.24. The lowest BCUT2D eigenvalue weighted by Crippen LogP contribution is -2.17. The van der Waals surface area contributed by atoms with Crippen LogP contribution >= 0.6 is 0 Å². The van der Waals surface area contributed by atoms with Crippen LogP contribution in [0.5, 0.6) is 0 Å². The second-order valence-electron chi connectivity index (χ2n) is 4.13. The van der Waals surface area contributed by atoms with Crippen molar-refractivity contribution in [1.82, 2.24) is 4.90 Å². The number of nitrogens with zero attached hydrogens (tertiary/aromatic N) is 2. The molecule has 5 nitrogen and oxygen atoms in total. The number of benzene rings is 1. The lowest BCUT2D eigenvalue weighted by Gasteiger charge is -2.11. The minimum atomic E-state index is -0.952. The van der Waals surface area contributed by atoms with E-state index in [9.17, 15) is 18.9 Å². The van der Waals surface area contributed by atoms with Crippen molar-refractivity contribution in [3.8, 4) is 0 Å². The van der Waals surface area contributed by atoms with Gasteiger partial charge in [-0.15, -0.1) is 0 Å². The number of nitro groups is 1. The summed E-state index contributed by atoms with van der Waals surface area (Å²) in [5, 5.41) is 13.0. The highest BCUT2D eigenvalue weighted by atomic mass is 19.1. The van der Waals surface area contributed by atoms with Crippen molar-refractivity contribution in [1.29, 1.82) is 0 Å². The van der Waals surface area contributed by atoms with Crippen LogP contribution in [0.15, 0.2) is 12.1 Å². The minimum Gasteiger partial charge on any atom is -0.380 e. The topological polar surface area (TPSA) is 58.4 Å². The predicted molar refractivity (Wildman–Crippen MR) is 64.7 cm³/mol. The third-order valence-electron chi connectivity index (χ3n) is 2.32. The molecule has 100 valence electrons. The standard InChI is InChI=1S/C11H15F2N3O2/c1-15(2)5-3-4-14-11-9(12)6-8(16(17)18)7-10(11)13/h6-7,14H,3-5H2,1-2H3. The first-order valence-electron chi connectivity index (χ1n) is 5.44. The number of hydrogen-bond acceptors (Lipinski definition) is 4. The number of non-ortho nitro benzene ring substituents is 1. The van der Waals surface area contributed by atoms with Crippen LogP contribution in [-0.4, -0.2) is 37.0 Å². The molecule has 0 aliphatic heterocycles. The van der Waals surface area contributed by atoms with E-state index in [0.29, 0.717) is 25.1 Å². The van der Waals surface area contributed by atoms with E-state index in [1.54, 1.807) is 0 Å². The number of nitro benzene ring substituents is 1. The van der Waals surface area contributed by atoms with Gasteiger partial charge in [-0.3, -0.25) is 10.1 Å². The van der Waals surface area contributed by atoms with Crippen molar-refractivity contribution >= 4 is 11.4 Å². The summed E-state index contributed by atoms with van der Waals surface area (Å²) >= 11 is 0. The van der Waals surface area contributed by atoms with Gasteiger partial charge in [-0.25, -0.2) is 8.78 Å². The number of hydrogen-bond donors (Lipinski definition) is 1. The summed E-state index contributed by atoms with van der Waals surface area (Å²) < 4.78 is 26.9. The zero-order chi connectivity index (χ0) is 13.7. The average molecular weight is 259 g/mol. The molecule has 0 unspecified atom stereocenters. The molecule has 0 saturated carbocycles. The summed E-state index contributed by atoms with van der Waals surface area (Å²) in [6.45, 7) is 1.17. The highest BCUT2D eigenvalue weighted by Gasteiger charge is 2.16. The molecular formula is C11H15F2N3O2. The van der Waals surface area contributed by atoms with Crippen molar-refractivity contribution in [2.24, 2.45) is 0 Å². The molecule has 0 aliphatic carbocycles. The summed E-state index contributed by atoms with van der Waals surface area (Å²) in [6, 6.07) is 1.41. The monoisotopic (exact) mass is 259 g/mol. The van der Waals surface area contributed by atoms with Crippen LogP contribution in [0.3, 0.4) is 0 Å². The third kappa shape index (κ3) is 3.92. The number of nitrogens with one attached hydrogen (secondary N) is 1. The van der Waals surface area contributed by atoms with E-state index in [-0.39, 0.29) is 5.69 Å². The Balaban J connectivity index is 2.69. The second kappa shape index (κ2) is 6.25. The highest BCUT2D eigenvalue weighted by molar-refractivity contribution is 5.51. The Labute approximate surface area is 104 Å². The van der Waals surface area contributed by atoms with E-state index in [1.807, 2.05) is 19.0 Å². The molecule has 0 radical (unpaired) electrons. The molecule has 0 atom stereocenters. The first kappa shape index (κ1) is 14.3. The van der Waals surface area contributed by atoms with E-state index in [2.05, 4.69) is 5.32 Å². The van der Waals surface area contributed by atoms with Crippen molar-refractivity contribution < 1.29 is 13.7 Å². The second-order valence-corrected chi connectivity index (χ2v) is 4.13. The molecule has 18 heavy (non-hydrogen) atoms. The van der Waals surface area contributed by atoms with E-state index in [1.165, 1.54) is 0 Å². The van der Waals surface area contributed by atoms with Gasteiger partial charge in [0.05, 0.1) is 17.1 Å².